The molecule has 0 aliphatic rings. The lowest BCUT2D eigenvalue weighted by molar-refractivity contribution is -0.144. The molecule has 28 heavy (non-hydrogen) atoms. The first-order valence-electron chi connectivity index (χ1n) is 9.76. The van der Waals surface area contributed by atoms with Crippen molar-refractivity contribution in [2.24, 2.45) is 23.5 Å². The quantitative estimate of drug-likeness (QED) is 0.316. The average Bonchev–Trinajstić information content (AvgIpc) is 2.59. The van der Waals surface area contributed by atoms with Gasteiger partial charge in [-0.15, -0.1) is 0 Å². The van der Waals surface area contributed by atoms with Crippen molar-refractivity contribution in [2.45, 2.75) is 72.5 Å². The summed E-state index contributed by atoms with van der Waals surface area (Å²) >= 11 is 0. The van der Waals surface area contributed by atoms with Gasteiger partial charge in [0.25, 0.3) is 0 Å². The van der Waals surface area contributed by atoms with Crippen molar-refractivity contribution in [3.63, 3.8) is 0 Å². The highest BCUT2D eigenvalue weighted by Crippen LogP contribution is 2.10. The van der Waals surface area contributed by atoms with E-state index in [1.807, 2.05) is 20.8 Å². The van der Waals surface area contributed by atoms with Crippen molar-refractivity contribution in [2.75, 3.05) is 6.54 Å². The maximum atomic E-state index is 12.5. The molecule has 0 unspecified atom stereocenters. The number of carbonyl (C=O) groups is 4. The molecule has 0 aliphatic heterocycles. The van der Waals surface area contributed by atoms with Gasteiger partial charge >= 0.3 is 5.97 Å². The smallest absolute Gasteiger partial charge is 0.326 e. The van der Waals surface area contributed by atoms with E-state index in [0.29, 0.717) is 12.8 Å². The Labute approximate surface area is 167 Å². The number of rotatable bonds is 12. The molecule has 6 N–H and O–H groups in total. The van der Waals surface area contributed by atoms with Crippen molar-refractivity contribution < 1.29 is 24.3 Å². The van der Waals surface area contributed by atoms with Gasteiger partial charge in [0.1, 0.15) is 12.1 Å². The highest BCUT2D eigenvalue weighted by molar-refractivity contribution is 5.92. The van der Waals surface area contributed by atoms with E-state index in [9.17, 15) is 24.3 Å². The van der Waals surface area contributed by atoms with Crippen LogP contribution in [0.25, 0.3) is 0 Å². The normalized spacial score (nSPS) is 15.5. The van der Waals surface area contributed by atoms with Crippen molar-refractivity contribution in [3.05, 3.63) is 0 Å². The van der Waals surface area contributed by atoms with Gasteiger partial charge in [-0.25, -0.2) is 4.79 Å². The molecule has 0 bridgehead atoms. The molecule has 0 fully saturated rings. The summed E-state index contributed by atoms with van der Waals surface area (Å²) in [5.74, 6) is -2.95. The van der Waals surface area contributed by atoms with Crippen molar-refractivity contribution in [3.8, 4) is 0 Å². The monoisotopic (exact) mass is 400 g/mol. The van der Waals surface area contributed by atoms with Crippen LogP contribution in [-0.4, -0.2) is 53.5 Å². The molecule has 4 atom stereocenters. The fourth-order valence-electron chi connectivity index (χ4n) is 2.60. The minimum atomic E-state index is -1.12. The van der Waals surface area contributed by atoms with Crippen molar-refractivity contribution in [1.29, 1.82) is 0 Å². The maximum Gasteiger partial charge on any atom is 0.326 e. The Balaban J connectivity index is 4.84. The topological polar surface area (TPSA) is 151 Å². The number of nitrogens with one attached hydrogen (secondary N) is 3. The molecule has 3 amide bonds. The summed E-state index contributed by atoms with van der Waals surface area (Å²) in [5, 5.41) is 16.8. The molecule has 162 valence electrons. The highest BCUT2D eigenvalue weighted by atomic mass is 16.4. The van der Waals surface area contributed by atoms with Gasteiger partial charge in [0.05, 0.1) is 12.6 Å². The van der Waals surface area contributed by atoms with E-state index in [0.717, 1.165) is 0 Å². The van der Waals surface area contributed by atoms with E-state index in [4.69, 9.17) is 5.73 Å². The summed E-state index contributed by atoms with van der Waals surface area (Å²) in [6.07, 6.45) is 1.08. The molecule has 0 aliphatic carbocycles. The molecule has 0 rings (SSSR count). The molecule has 0 saturated carbocycles. The molecule has 0 heterocycles. The number of aliphatic carboxylic acids is 1. The molecule has 9 nitrogen and oxygen atoms in total. The SMILES string of the molecule is CC[C@H](C)[C@H](NC(=O)[C@@H](NC(=O)CNC(=O)[C@@H](N)CC(C)C)C(C)C)C(=O)O. The van der Waals surface area contributed by atoms with Crippen LogP contribution < -0.4 is 21.7 Å². The molecule has 0 radical (unpaired) electrons. The Hall–Kier alpha value is -2.16. The lowest BCUT2D eigenvalue weighted by Gasteiger charge is -2.26. The Morgan fingerprint density at radius 2 is 1.50 bits per heavy atom. The Morgan fingerprint density at radius 3 is 1.93 bits per heavy atom. The molecule has 9 heteroatoms. The number of carbonyl (C=O) groups excluding carboxylic acids is 3. The Kier molecular flexibility index (Phi) is 11.4. The number of hydrogen-bond acceptors (Lipinski definition) is 5. The predicted octanol–water partition coefficient (Wildman–Crippen LogP) is 0.232. The van der Waals surface area contributed by atoms with Gasteiger partial charge in [0.15, 0.2) is 0 Å². The minimum Gasteiger partial charge on any atom is -0.480 e. The number of hydrogen-bond donors (Lipinski definition) is 5. The number of carboxylic acids is 1. The lowest BCUT2D eigenvalue weighted by atomic mass is 9.97. The molecule has 0 aromatic rings. The van der Waals surface area contributed by atoms with E-state index in [1.54, 1.807) is 20.8 Å². The summed E-state index contributed by atoms with van der Waals surface area (Å²) in [5.41, 5.74) is 5.76. The molecule has 0 aromatic heterocycles. The van der Waals surface area contributed by atoms with Crippen LogP contribution in [0.5, 0.6) is 0 Å². The van der Waals surface area contributed by atoms with Crippen LogP contribution in [0.1, 0.15) is 54.4 Å². The molecular weight excluding hydrogens is 364 g/mol. The summed E-state index contributed by atoms with van der Waals surface area (Å²) in [6.45, 7) is 10.6. The van der Waals surface area contributed by atoms with Crippen molar-refractivity contribution in [1.82, 2.24) is 16.0 Å². The molecule has 0 aromatic carbocycles. The number of nitrogens with two attached hydrogens (primary N) is 1. The Bertz CT molecular complexity index is 550. The van der Waals surface area contributed by atoms with Crippen LogP contribution in [0.3, 0.4) is 0 Å². The van der Waals surface area contributed by atoms with Crippen LogP contribution in [0.15, 0.2) is 0 Å². The molecular formula is C19H36N4O5. The van der Waals surface area contributed by atoms with E-state index >= 15 is 0 Å². The zero-order valence-electron chi connectivity index (χ0n) is 17.7. The predicted molar refractivity (Wildman–Crippen MR) is 106 cm³/mol. The third-order valence-electron chi connectivity index (χ3n) is 4.53. The fraction of sp³-hybridized carbons (Fsp3) is 0.789. The number of amides is 3. The highest BCUT2D eigenvalue weighted by Gasteiger charge is 2.31. The standard InChI is InChI=1S/C19H36N4O5/c1-7-12(6)16(19(27)28)23-18(26)15(11(4)5)22-14(24)9-21-17(25)13(20)8-10(2)3/h10-13,15-16H,7-9,20H2,1-6H3,(H,21,25)(H,22,24)(H,23,26)(H,27,28)/t12-,13-,15-,16-/m0/s1. The minimum absolute atomic E-state index is 0.247. The summed E-state index contributed by atoms with van der Waals surface area (Å²) < 4.78 is 0. The van der Waals surface area contributed by atoms with E-state index in [1.165, 1.54) is 0 Å². The van der Waals surface area contributed by atoms with Gasteiger partial charge in [-0.2, -0.15) is 0 Å². The first-order chi connectivity index (χ1) is 12.9. The summed E-state index contributed by atoms with van der Waals surface area (Å²) in [4.78, 5) is 48.0. The van der Waals surface area contributed by atoms with Crippen molar-refractivity contribution >= 4 is 23.7 Å². The molecule has 0 spiro atoms. The second kappa shape index (κ2) is 12.3. The van der Waals surface area contributed by atoms with Crippen LogP contribution >= 0.6 is 0 Å². The van der Waals surface area contributed by atoms with E-state index in [-0.39, 0.29) is 24.3 Å². The van der Waals surface area contributed by atoms with Gasteiger partial charge in [-0.05, 0) is 24.2 Å². The summed E-state index contributed by atoms with van der Waals surface area (Å²) in [7, 11) is 0. The zero-order chi connectivity index (χ0) is 22.0. The summed E-state index contributed by atoms with van der Waals surface area (Å²) in [6, 6.07) is -2.66. The van der Waals surface area contributed by atoms with Gasteiger partial charge in [0.2, 0.25) is 17.7 Å². The van der Waals surface area contributed by atoms with Crippen LogP contribution in [-0.2, 0) is 19.2 Å². The zero-order valence-corrected chi connectivity index (χ0v) is 17.7. The molecule has 0 saturated heterocycles. The van der Waals surface area contributed by atoms with E-state index in [2.05, 4.69) is 16.0 Å². The van der Waals surface area contributed by atoms with E-state index < -0.39 is 41.8 Å². The second-order valence-corrected chi connectivity index (χ2v) is 7.95. The first-order valence-corrected chi connectivity index (χ1v) is 9.76. The third kappa shape index (κ3) is 9.16. The van der Waals surface area contributed by atoms with Gasteiger partial charge in [-0.1, -0.05) is 48.0 Å². The van der Waals surface area contributed by atoms with Gasteiger partial charge < -0.3 is 26.8 Å². The van der Waals surface area contributed by atoms with Gasteiger partial charge in [-0.3, -0.25) is 14.4 Å². The first kappa shape index (κ1) is 25.8. The van der Waals surface area contributed by atoms with Crippen LogP contribution in [0.4, 0.5) is 0 Å². The lowest BCUT2D eigenvalue weighted by Crippen LogP contribution is -2.56. The van der Waals surface area contributed by atoms with Gasteiger partial charge in [0, 0.05) is 0 Å². The Morgan fingerprint density at radius 1 is 0.929 bits per heavy atom. The number of carboxylic acid groups (broad SMARTS) is 1. The fourth-order valence-corrected chi connectivity index (χ4v) is 2.60. The average molecular weight is 401 g/mol. The maximum absolute atomic E-state index is 12.5. The van der Waals surface area contributed by atoms with Crippen LogP contribution in [0.2, 0.25) is 0 Å². The second-order valence-electron chi connectivity index (χ2n) is 7.95. The largest absolute Gasteiger partial charge is 0.480 e. The third-order valence-corrected chi connectivity index (χ3v) is 4.53. The van der Waals surface area contributed by atoms with Crippen LogP contribution in [0, 0.1) is 17.8 Å².